The SMILES string of the molecule is COC(=O)[C@@H]1CC(C)(C)C[C@H](COCc2ccccc2)[C@H]1O. The predicted molar refractivity (Wildman–Crippen MR) is 84.1 cm³/mol. The number of esters is 1. The Morgan fingerprint density at radius 2 is 1.95 bits per heavy atom. The summed E-state index contributed by atoms with van der Waals surface area (Å²) in [5.74, 6) is -0.830. The van der Waals surface area contributed by atoms with Crippen LogP contribution in [0.3, 0.4) is 0 Å². The summed E-state index contributed by atoms with van der Waals surface area (Å²) >= 11 is 0. The second kappa shape index (κ2) is 7.25. The molecule has 122 valence electrons. The Labute approximate surface area is 132 Å². The molecule has 1 fully saturated rings. The zero-order valence-electron chi connectivity index (χ0n) is 13.6. The van der Waals surface area contributed by atoms with Crippen molar-refractivity contribution in [3.8, 4) is 0 Å². The topological polar surface area (TPSA) is 55.8 Å². The summed E-state index contributed by atoms with van der Waals surface area (Å²) in [5, 5.41) is 10.5. The number of aliphatic hydroxyl groups is 1. The van der Waals surface area contributed by atoms with Gasteiger partial charge in [0.1, 0.15) is 0 Å². The Balaban J connectivity index is 1.94. The van der Waals surface area contributed by atoms with Gasteiger partial charge in [-0.25, -0.2) is 0 Å². The van der Waals surface area contributed by atoms with Crippen LogP contribution in [0.2, 0.25) is 0 Å². The number of ether oxygens (including phenoxy) is 2. The van der Waals surface area contributed by atoms with Gasteiger partial charge in [-0.15, -0.1) is 0 Å². The largest absolute Gasteiger partial charge is 0.469 e. The van der Waals surface area contributed by atoms with E-state index in [0.717, 1.165) is 12.0 Å². The highest BCUT2D eigenvalue weighted by atomic mass is 16.5. The van der Waals surface area contributed by atoms with Crippen molar-refractivity contribution in [3.05, 3.63) is 35.9 Å². The number of carbonyl (C=O) groups excluding carboxylic acids is 1. The van der Waals surface area contributed by atoms with Crippen molar-refractivity contribution in [3.63, 3.8) is 0 Å². The molecule has 4 nitrogen and oxygen atoms in total. The van der Waals surface area contributed by atoms with Crippen LogP contribution < -0.4 is 0 Å². The fraction of sp³-hybridized carbons (Fsp3) is 0.611. The van der Waals surface area contributed by atoms with Crippen LogP contribution >= 0.6 is 0 Å². The Bertz CT molecular complexity index is 483. The van der Waals surface area contributed by atoms with Gasteiger partial charge in [0.15, 0.2) is 0 Å². The average molecular weight is 306 g/mol. The van der Waals surface area contributed by atoms with E-state index in [4.69, 9.17) is 9.47 Å². The van der Waals surface area contributed by atoms with Gasteiger partial charge in [0, 0.05) is 5.92 Å². The number of methoxy groups -OCH3 is 1. The van der Waals surface area contributed by atoms with Gasteiger partial charge in [-0.2, -0.15) is 0 Å². The van der Waals surface area contributed by atoms with Crippen LogP contribution in [0.25, 0.3) is 0 Å². The third-order valence-corrected chi connectivity index (χ3v) is 4.43. The first-order valence-electron chi connectivity index (χ1n) is 7.80. The molecule has 2 rings (SSSR count). The van der Waals surface area contributed by atoms with Crippen molar-refractivity contribution >= 4 is 5.97 Å². The molecular weight excluding hydrogens is 280 g/mol. The molecule has 0 amide bonds. The molecule has 0 radical (unpaired) electrons. The Morgan fingerprint density at radius 3 is 2.59 bits per heavy atom. The molecule has 1 saturated carbocycles. The molecule has 0 saturated heterocycles. The third kappa shape index (κ3) is 4.31. The summed E-state index contributed by atoms with van der Waals surface area (Å²) in [6.45, 7) is 5.22. The zero-order chi connectivity index (χ0) is 16.2. The molecule has 0 spiro atoms. The van der Waals surface area contributed by atoms with E-state index in [-0.39, 0.29) is 17.3 Å². The van der Waals surface area contributed by atoms with Gasteiger partial charge in [-0.3, -0.25) is 4.79 Å². The molecule has 4 heteroatoms. The standard InChI is InChI=1S/C18H26O4/c1-18(2)9-14(16(19)15(10-18)17(20)21-3)12-22-11-13-7-5-4-6-8-13/h4-8,14-16,19H,9-12H2,1-3H3/t14-,15-,16-/m1/s1. The van der Waals surface area contributed by atoms with Crippen molar-refractivity contribution in [2.24, 2.45) is 17.3 Å². The van der Waals surface area contributed by atoms with E-state index in [9.17, 15) is 9.90 Å². The molecule has 0 aliphatic heterocycles. The summed E-state index contributed by atoms with van der Waals surface area (Å²) in [5.41, 5.74) is 1.11. The summed E-state index contributed by atoms with van der Waals surface area (Å²) in [7, 11) is 1.37. The Kier molecular flexibility index (Phi) is 5.59. The summed E-state index contributed by atoms with van der Waals surface area (Å²) < 4.78 is 10.6. The van der Waals surface area contributed by atoms with E-state index in [2.05, 4.69) is 13.8 Å². The van der Waals surface area contributed by atoms with Crippen LogP contribution in [0.1, 0.15) is 32.3 Å². The van der Waals surface area contributed by atoms with E-state index < -0.39 is 12.0 Å². The van der Waals surface area contributed by atoms with Crippen LogP contribution in [0.15, 0.2) is 30.3 Å². The predicted octanol–water partition coefficient (Wildman–Crippen LogP) is 2.79. The first-order chi connectivity index (χ1) is 10.4. The summed E-state index contributed by atoms with van der Waals surface area (Å²) in [4.78, 5) is 11.9. The Hall–Kier alpha value is -1.39. The lowest BCUT2D eigenvalue weighted by atomic mass is 9.66. The number of rotatable bonds is 5. The van der Waals surface area contributed by atoms with Crippen molar-refractivity contribution in [2.45, 2.75) is 39.4 Å². The van der Waals surface area contributed by atoms with Crippen LogP contribution in [-0.2, 0) is 20.9 Å². The monoisotopic (exact) mass is 306 g/mol. The minimum Gasteiger partial charge on any atom is -0.469 e. The lowest BCUT2D eigenvalue weighted by Crippen LogP contribution is -2.46. The smallest absolute Gasteiger partial charge is 0.311 e. The third-order valence-electron chi connectivity index (χ3n) is 4.43. The van der Waals surface area contributed by atoms with E-state index in [1.54, 1.807) is 0 Å². The Morgan fingerprint density at radius 1 is 1.27 bits per heavy atom. The molecular formula is C18H26O4. The van der Waals surface area contributed by atoms with Gasteiger partial charge >= 0.3 is 5.97 Å². The quantitative estimate of drug-likeness (QED) is 0.850. The highest BCUT2D eigenvalue weighted by Gasteiger charge is 2.44. The molecule has 22 heavy (non-hydrogen) atoms. The molecule has 0 unspecified atom stereocenters. The highest BCUT2D eigenvalue weighted by molar-refractivity contribution is 5.73. The lowest BCUT2D eigenvalue weighted by Gasteiger charge is -2.42. The van der Waals surface area contributed by atoms with Crippen molar-refractivity contribution < 1.29 is 19.4 Å². The normalized spacial score (nSPS) is 27.4. The minimum absolute atomic E-state index is 0.00113. The summed E-state index contributed by atoms with van der Waals surface area (Å²) in [6.07, 6.45) is 0.795. The highest BCUT2D eigenvalue weighted by Crippen LogP contribution is 2.42. The number of carbonyl (C=O) groups is 1. The molecule has 3 atom stereocenters. The van der Waals surface area contributed by atoms with E-state index >= 15 is 0 Å². The van der Waals surface area contributed by atoms with Crippen molar-refractivity contribution in [1.82, 2.24) is 0 Å². The first kappa shape index (κ1) is 17.0. The zero-order valence-corrected chi connectivity index (χ0v) is 13.6. The minimum atomic E-state index is -0.698. The molecule has 0 aromatic heterocycles. The van der Waals surface area contributed by atoms with Crippen molar-refractivity contribution in [2.75, 3.05) is 13.7 Å². The van der Waals surface area contributed by atoms with E-state index in [1.807, 2.05) is 30.3 Å². The molecule has 1 aliphatic rings. The van der Waals surface area contributed by atoms with Crippen LogP contribution in [-0.4, -0.2) is 30.9 Å². The van der Waals surface area contributed by atoms with Gasteiger partial charge < -0.3 is 14.6 Å². The lowest BCUT2D eigenvalue weighted by molar-refractivity contribution is -0.158. The second-order valence-electron chi connectivity index (χ2n) is 6.95. The fourth-order valence-electron chi connectivity index (χ4n) is 3.39. The maximum Gasteiger partial charge on any atom is 0.311 e. The molecule has 1 N–H and O–H groups in total. The second-order valence-corrected chi connectivity index (χ2v) is 6.95. The molecule has 0 heterocycles. The van der Waals surface area contributed by atoms with E-state index in [0.29, 0.717) is 19.6 Å². The van der Waals surface area contributed by atoms with Gasteiger partial charge in [0.05, 0.1) is 32.3 Å². The number of aliphatic hydroxyl groups excluding tert-OH is 1. The van der Waals surface area contributed by atoms with Crippen LogP contribution in [0.5, 0.6) is 0 Å². The van der Waals surface area contributed by atoms with Crippen LogP contribution in [0.4, 0.5) is 0 Å². The maximum atomic E-state index is 11.9. The number of benzene rings is 1. The number of hydrogen-bond acceptors (Lipinski definition) is 4. The van der Waals surface area contributed by atoms with Gasteiger partial charge in [-0.05, 0) is 23.8 Å². The molecule has 0 bridgehead atoms. The molecule has 1 aliphatic carbocycles. The maximum absolute atomic E-state index is 11.9. The van der Waals surface area contributed by atoms with Crippen LogP contribution in [0, 0.1) is 17.3 Å². The van der Waals surface area contributed by atoms with Gasteiger partial charge in [0.2, 0.25) is 0 Å². The number of hydrogen-bond donors (Lipinski definition) is 1. The first-order valence-corrected chi connectivity index (χ1v) is 7.80. The molecule has 1 aromatic carbocycles. The van der Waals surface area contributed by atoms with Crippen molar-refractivity contribution in [1.29, 1.82) is 0 Å². The van der Waals surface area contributed by atoms with E-state index in [1.165, 1.54) is 7.11 Å². The summed E-state index contributed by atoms with van der Waals surface area (Å²) in [6, 6.07) is 9.95. The fourth-order valence-corrected chi connectivity index (χ4v) is 3.39. The molecule has 1 aromatic rings. The van der Waals surface area contributed by atoms with Gasteiger partial charge in [0.25, 0.3) is 0 Å². The average Bonchev–Trinajstić information content (AvgIpc) is 2.50. The van der Waals surface area contributed by atoms with Gasteiger partial charge in [-0.1, -0.05) is 44.2 Å².